The SMILES string of the molecule is CCCC[C@@H](NC(=O)C1(C)COC1)c1cccnc1. The Morgan fingerprint density at radius 2 is 2.37 bits per heavy atom. The molecule has 1 saturated heterocycles. The lowest BCUT2D eigenvalue weighted by Crippen LogP contribution is -2.52. The van der Waals surface area contributed by atoms with Crippen LogP contribution in [-0.4, -0.2) is 24.1 Å². The Kier molecular flexibility index (Phi) is 4.53. The van der Waals surface area contributed by atoms with Crippen LogP contribution in [0.2, 0.25) is 0 Å². The lowest BCUT2D eigenvalue weighted by molar-refractivity contribution is -0.158. The summed E-state index contributed by atoms with van der Waals surface area (Å²) in [5.74, 6) is 0.0868. The molecule has 0 aliphatic carbocycles. The first-order valence-corrected chi connectivity index (χ1v) is 6.94. The maximum atomic E-state index is 12.3. The molecular weight excluding hydrogens is 240 g/mol. The van der Waals surface area contributed by atoms with E-state index in [-0.39, 0.29) is 17.4 Å². The van der Waals surface area contributed by atoms with E-state index < -0.39 is 0 Å². The van der Waals surface area contributed by atoms with Crippen molar-refractivity contribution in [1.29, 1.82) is 0 Å². The lowest BCUT2D eigenvalue weighted by atomic mass is 9.87. The molecule has 2 heterocycles. The number of ether oxygens (including phenoxy) is 1. The van der Waals surface area contributed by atoms with Gasteiger partial charge in [-0.15, -0.1) is 0 Å². The van der Waals surface area contributed by atoms with Crippen LogP contribution in [0.4, 0.5) is 0 Å². The molecule has 104 valence electrons. The van der Waals surface area contributed by atoms with Gasteiger partial charge < -0.3 is 10.1 Å². The van der Waals surface area contributed by atoms with Crippen LogP contribution in [0.15, 0.2) is 24.5 Å². The number of hydrogen-bond donors (Lipinski definition) is 1. The van der Waals surface area contributed by atoms with Crippen molar-refractivity contribution in [3.63, 3.8) is 0 Å². The van der Waals surface area contributed by atoms with Gasteiger partial charge in [0.1, 0.15) is 0 Å². The Bertz CT molecular complexity index is 415. The van der Waals surface area contributed by atoms with Crippen molar-refractivity contribution in [1.82, 2.24) is 10.3 Å². The van der Waals surface area contributed by atoms with Crippen LogP contribution in [0.3, 0.4) is 0 Å². The third-order valence-corrected chi connectivity index (χ3v) is 3.63. The zero-order valence-corrected chi connectivity index (χ0v) is 11.7. The summed E-state index contributed by atoms with van der Waals surface area (Å²) in [6, 6.07) is 3.99. The number of unbranched alkanes of at least 4 members (excludes halogenated alkanes) is 1. The van der Waals surface area contributed by atoms with Gasteiger partial charge >= 0.3 is 0 Å². The van der Waals surface area contributed by atoms with Gasteiger partial charge in [-0.05, 0) is 25.0 Å². The maximum Gasteiger partial charge on any atom is 0.231 e. The van der Waals surface area contributed by atoms with E-state index >= 15 is 0 Å². The number of pyridine rings is 1. The lowest BCUT2D eigenvalue weighted by Gasteiger charge is -2.37. The highest BCUT2D eigenvalue weighted by molar-refractivity contribution is 5.83. The molecule has 2 rings (SSSR count). The number of hydrogen-bond acceptors (Lipinski definition) is 3. The Balaban J connectivity index is 2.03. The Labute approximate surface area is 114 Å². The van der Waals surface area contributed by atoms with Crippen LogP contribution in [-0.2, 0) is 9.53 Å². The number of carbonyl (C=O) groups is 1. The standard InChI is InChI=1S/C15H22N2O2/c1-3-4-7-13(12-6-5-8-16-9-12)17-14(18)15(2)10-19-11-15/h5-6,8-9,13H,3-4,7,10-11H2,1-2H3,(H,17,18)/t13-/m1/s1. The smallest absolute Gasteiger partial charge is 0.231 e. The average Bonchev–Trinajstić information content (AvgIpc) is 2.41. The van der Waals surface area contributed by atoms with E-state index in [0.717, 1.165) is 24.8 Å². The monoisotopic (exact) mass is 262 g/mol. The number of rotatable bonds is 6. The van der Waals surface area contributed by atoms with Crippen LogP contribution in [0.5, 0.6) is 0 Å². The summed E-state index contributed by atoms with van der Waals surface area (Å²) in [7, 11) is 0. The minimum Gasteiger partial charge on any atom is -0.379 e. The molecule has 0 saturated carbocycles. The van der Waals surface area contributed by atoms with Gasteiger partial charge in [0.25, 0.3) is 0 Å². The molecule has 4 heteroatoms. The second kappa shape index (κ2) is 6.15. The van der Waals surface area contributed by atoms with Gasteiger partial charge in [-0.2, -0.15) is 0 Å². The molecule has 4 nitrogen and oxygen atoms in total. The molecule has 1 aromatic rings. The Morgan fingerprint density at radius 1 is 1.58 bits per heavy atom. The molecule has 1 fully saturated rings. The van der Waals surface area contributed by atoms with E-state index in [1.165, 1.54) is 0 Å². The summed E-state index contributed by atoms with van der Waals surface area (Å²) >= 11 is 0. The molecule has 1 amide bonds. The van der Waals surface area contributed by atoms with E-state index in [2.05, 4.69) is 17.2 Å². The fourth-order valence-corrected chi connectivity index (χ4v) is 2.18. The second-order valence-electron chi connectivity index (χ2n) is 5.51. The van der Waals surface area contributed by atoms with Crippen LogP contribution in [0.1, 0.15) is 44.7 Å². The fourth-order valence-electron chi connectivity index (χ4n) is 2.18. The van der Waals surface area contributed by atoms with Crippen LogP contribution >= 0.6 is 0 Å². The predicted molar refractivity (Wildman–Crippen MR) is 73.6 cm³/mol. The summed E-state index contributed by atoms with van der Waals surface area (Å²) in [6.45, 7) is 5.15. The largest absolute Gasteiger partial charge is 0.379 e. The van der Waals surface area contributed by atoms with Crippen LogP contribution in [0.25, 0.3) is 0 Å². The molecule has 0 spiro atoms. The molecular formula is C15H22N2O2. The van der Waals surface area contributed by atoms with Crippen molar-refractivity contribution in [2.24, 2.45) is 5.41 Å². The minimum absolute atomic E-state index is 0.0542. The van der Waals surface area contributed by atoms with E-state index in [1.807, 2.05) is 25.3 Å². The molecule has 1 atom stereocenters. The maximum absolute atomic E-state index is 12.3. The number of aromatic nitrogens is 1. The molecule has 0 bridgehead atoms. The van der Waals surface area contributed by atoms with Gasteiger partial charge in [-0.1, -0.05) is 25.8 Å². The molecule has 0 aromatic carbocycles. The van der Waals surface area contributed by atoms with Gasteiger partial charge in [0.05, 0.1) is 24.7 Å². The van der Waals surface area contributed by atoms with Crippen molar-refractivity contribution >= 4 is 5.91 Å². The van der Waals surface area contributed by atoms with Gasteiger partial charge in [0, 0.05) is 12.4 Å². The van der Waals surface area contributed by atoms with E-state index in [0.29, 0.717) is 13.2 Å². The molecule has 1 aromatic heterocycles. The van der Waals surface area contributed by atoms with Crippen molar-refractivity contribution in [2.45, 2.75) is 39.2 Å². The normalized spacial score (nSPS) is 18.4. The number of nitrogens with zero attached hydrogens (tertiary/aromatic N) is 1. The zero-order valence-electron chi connectivity index (χ0n) is 11.7. The van der Waals surface area contributed by atoms with Gasteiger partial charge in [0.2, 0.25) is 5.91 Å². The van der Waals surface area contributed by atoms with Crippen molar-refractivity contribution < 1.29 is 9.53 Å². The molecule has 0 radical (unpaired) electrons. The summed E-state index contributed by atoms with van der Waals surface area (Å²) < 4.78 is 5.15. The Hall–Kier alpha value is -1.42. The highest BCUT2D eigenvalue weighted by Gasteiger charge is 2.41. The van der Waals surface area contributed by atoms with Crippen LogP contribution < -0.4 is 5.32 Å². The highest BCUT2D eigenvalue weighted by atomic mass is 16.5. The van der Waals surface area contributed by atoms with E-state index in [9.17, 15) is 4.79 Å². The van der Waals surface area contributed by atoms with Gasteiger partial charge in [-0.25, -0.2) is 0 Å². The summed E-state index contributed by atoms with van der Waals surface area (Å²) in [6.07, 6.45) is 6.74. The fraction of sp³-hybridized carbons (Fsp3) is 0.600. The summed E-state index contributed by atoms with van der Waals surface area (Å²) in [5, 5.41) is 3.15. The Morgan fingerprint density at radius 3 is 2.89 bits per heavy atom. The van der Waals surface area contributed by atoms with Crippen LogP contribution in [0, 0.1) is 5.41 Å². The first-order chi connectivity index (χ1) is 9.15. The number of amides is 1. The second-order valence-corrected chi connectivity index (χ2v) is 5.51. The average molecular weight is 262 g/mol. The molecule has 1 N–H and O–H groups in total. The minimum atomic E-state index is -0.354. The quantitative estimate of drug-likeness (QED) is 0.856. The van der Waals surface area contributed by atoms with E-state index in [4.69, 9.17) is 4.74 Å². The highest BCUT2D eigenvalue weighted by Crippen LogP contribution is 2.28. The van der Waals surface area contributed by atoms with Crippen molar-refractivity contribution in [3.05, 3.63) is 30.1 Å². The predicted octanol–water partition coefficient (Wildman–Crippen LogP) is 2.47. The zero-order chi connectivity index (χ0) is 13.7. The summed E-state index contributed by atoms with van der Waals surface area (Å²) in [5.41, 5.74) is 0.722. The first kappa shape index (κ1) is 14.0. The third kappa shape index (κ3) is 3.32. The third-order valence-electron chi connectivity index (χ3n) is 3.63. The number of carbonyl (C=O) groups excluding carboxylic acids is 1. The van der Waals surface area contributed by atoms with Gasteiger partial charge in [-0.3, -0.25) is 9.78 Å². The molecule has 1 aliphatic rings. The molecule has 0 unspecified atom stereocenters. The topological polar surface area (TPSA) is 51.2 Å². The molecule has 1 aliphatic heterocycles. The first-order valence-electron chi connectivity index (χ1n) is 6.94. The van der Waals surface area contributed by atoms with Crippen molar-refractivity contribution in [2.75, 3.05) is 13.2 Å². The van der Waals surface area contributed by atoms with Gasteiger partial charge in [0.15, 0.2) is 0 Å². The van der Waals surface area contributed by atoms with E-state index in [1.54, 1.807) is 6.20 Å². The van der Waals surface area contributed by atoms with Crippen molar-refractivity contribution in [3.8, 4) is 0 Å². The molecule has 19 heavy (non-hydrogen) atoms. The summed E-state index contributed by atoms with van der Waals surface area (Å²) in [4.78, 5) is 16.4. The number of nitrogens with one attached hydrogen (secondary N) is 1.